The topological polar surface area (TPSA) is 28.2 Å². The number of rotatable bonds is 7. The van der Waals surface area contributed by atoms with E-state index in [4.69, 9.17) is 11.6 Å². The van der Waals surface area contributed by atoms with Gasteiger partial charge >= 0.3 is 0 Å². The summed E-state index contributed by atoms with van der Waals surface area (Å²) in [6.45, 7) is 7.02. The van der Waals surface area contributed by atoms with Gasteiger partial charge in [0.2, 0.25) is 0 Å². The monoisotopic (exact) mass is 323 g/mol. The van der Waals surface area contributed by atoms with Crippen molar-refractivity contribution in [2.24, 2.45) is 5.92 Å². The van der Waals surface area contributed by atoms with Gasteiger partial charge in [-0.15, -0.1) is 11.3 Å². The van der Waals surface area contributed by atoms with Crippen LogP contribution in [0.2, 0.25) is 5.02 Å². The van der Waals surface area contributed by atoms with Gasteiger partial charge in [-0.2, -0.15) is 0 Å². The lowest BCUT2D eigenvalue weighted by Crippen LogP contribution is -2.20. The second kappa shape index (κ2) is 7.78. The third-order valence-electron chi connectivity index (χ3n) is 3.09. The molecule has 0 radical (unpaired) electrons. The number of aromatic nitrogens is 1. The molecule has 2 aromatic heterocycles. The van der Waals surface area contributed by atoms with Crippen molar-refractivity contribution >= 4 is 28.8 Å². The Bertz CT molecular complexity index is 555. The molecule has 0 bridgehead atoms. The molecular formula is C16H22ClN3S. The second-order valence-corrected chi connectivity index (χ2v) is 7.05. The third kappa shape index (κ3) is 4.99. The molecule has 3 nitrogen and oxygen atoms in total. The van der Waals surface area contributed by atoms with Crippen LogP contribution in [0, 0.1) is 5.92 Å². The van der Waals surface area contributed by atoms with Crippen molar-refractivity contribution in [3.8, 4) is 0 Å². The highest BCUT2D eigenvalue weighted by Crippen LogP contribution is 2.25. The normalized spacial score (nSPS) is 11.1. The summed E-state index contributed by atoms with van der Waals surface area (Å²) < 4.78 is 0. The molecule has 0 saturated carbocycles. The predicted octanol–water partition coefficient (Wildman–Crippen LogP) is 4.18. The summed E-state index contributed by atoms with van der Waals surface area (Å²) in [7, 11) is 2.02. The first-order valence-electron chi connectivity index (χ1n) is 7.15. The van der Waals surface area contributed by atoms with E-state index in [-0.39, 0.29) is 0 Å². The highest BCUT2D eigenvalue weighted by atomic mass is 35.5. The van der Waals surface area contributed by atoms with Crippen LogP contribution in [0.15, 0.2) is 29.8 Å². The van der Waals surface area contributed by atoms with Crippen LogP contribution in [0.25, 0.3) is 0 Å². The lowest BCUT2D eigenvalue weighted by molar-refractivity contribution is 0.552. The fourth-order valence-corrected chi connectivity index (χ4v) is 3.15. The van der Waals surface area contributed by atoms with Gasteiger partial charge < -0.3 is 10.2 Å². The molecule has 0 unspecified atom stereocenters. The zero-order chi connectivity index (χ0) is 15.2. The lowest BCUT2D eigenvalue weighted by Gasteiger charge is -2.19. The first kappa shape index (κ1) is 16.3. The Morgan fingerprint density at radius 2 is 2.24 bits per heavy atom. The van der Waals surface area contributed by atoms with E-state index in [1.165, 1.54) is 4.88 Å². The summed E-state index contributed by atoms with van der Waals surface area (Å²) in [4.78, 5) is 7.90. The van der Waals surface area contributed by atoms with E-state index in [9.17, 15) is 0 Å². The van der Waals surface area contributed by atoms with Gasteiger partial charge in [-0.05, 0) is 35.5 Å². The lowest BCUT2D eigenvalue weighted by atomic mass is 10.2. The van der Waals surface area contributed by atoms with Crippen molar-refractivity contribution in [2.45, 2.75) is 26.9 Å². The van der Waals surface area contributed by atoms with E-state index >= 15 is 0 Å². The molecule has 0 amide bonds. The van der Waals surface area contributed by atoms with Gasteiger partial charge in [-0.1, -0.05) is 31.5 Å². The van der Waals surface area contributed by atoms with Crippen molar-refractivity contribution in [3.05, 3.63) is 45.2 Å². The van der Waals surface area contributed by atoms with Crippen LogP contribution < -0.4 is 10.2 Å². The maximum atomic E-state index is 6.38. The maximum Gasteiger partial charge on any atom is 0.147 e. The van der Waals surface area contributed by atoms with Crippen molar-refractivity contribution in [1.82, 2.24) is 10.3 Å². The van der Waals surface area contributed by atoms with E-state index < -0.39 is 0 Å². The zero-order valence-electron chi connectivity index (χ0n) is 12.8. The molecule has 0 atom stereocenters. The SMILES string of the molecule is CC(C)CNCc1cnc(N(C)Cc2cccs2)c(Cl)c1. The summed E-state index contributed by atoms with van der Waals surface area (Å²) in [5.74, 6) is 1.47. The molecule has 21 heavy (non-hydrogen) atoms. The fourth-order valence-electron chi connectivity index (χ4n) is 2.06. The molecule has 0 aliphatic heterocycles. The van der Waals surface area contributed by atoms with Crippen molar-refractivity contribution in [3.63, 3.8) is 0 Å². The molecule has 114 valence electrons. The molecule has 0 aliphatic carbocycles. The fraction of sp³-hybridized carbons (Fsp3) is 0.438. The molecule has 0 aliphatic rings. The van der Waals surface area contributed by atoms with Crippen LogP contribution in [-0.2, 0) is 13.1 Å². The first-order valence-corrected chi connectivity index (χ1v) is 8.40. The number of thiophene rings is 1. The average molecular weight is 324 g/mol. The zero-order valence-corrected chi connectivity index (χ0v) is 14.3. The molecule has 2 aromatic rings. The van der Waals surface area contributed by atoms with Crippen molar-refractivity contribution in [1.29, 1.82) is 0 Å². The quantitative estimate of drug-likeness (QED) is 0.828. The Morgan fingerprint density at radius 3 is 2.86 bits per heavy atom. The number of nitrogens with zero attached hydrogens (tertiary/aromatic N) is 2. The van der Waals surface area contributed by atoms with Gasteiger partial charge in [-0.3, -0.25) is 0 Å². The van der Waals surface area contributed by atoms with Gasteiger partial charge in [-0.25, -0.2) is 4.98 Å². The van der Waals surface area contributed by atoms with E-state index in [1.807, 2.05) is 19.3 Å². The largest absolute Gasteiger partial charge is 0.353 e. The molecule has 0 fully saturated rings. The molecule has 0 saturated heterocycles. The summed E-state index contributed by atoms with van der Waals surface area (Å²) >= 11 is 8.12. The summed E-state index contributed by atoms with van der Waals surface area (Å²) in [6, 6.07) is 6.19. The van der Waals surface area contributed by atoms with Crippen molar-refractivity contribution < 1.29 is 0 Å². The molecule has 1 N–H and O–H groups in total. The minimum Gasteiger partial charge on any atom is -0.353 e. The number of hydrogen-bond donors (Lipinski definition) is 1. The number of halogens is 1. The van der Waals surface area contributed by atoms with Crippen LogP contribution in [0.4, 0.5) is 5.82 Å². The highest BCUT2D eigenvalue weighted by Gasteiger charge is 2.10. The van der Waals surface area contributed by atoms with E-state index in [0.29, 0.717) is 10.9 Å². The number of hydrogen-bond acceptors (Lipinski definition) is 4. The van der Waals surface area contributed by atoms with Gasteiger partial charge in [0.05, 0.1) is 11.6 Å². The van der Waals surface area contributed by atoms with Crippen LogP contribution in [0.5, 0.6) is 0 Å². The van der Waals surface area contributed by atoms with E-state index in [0.717, 1.165) is 31.0 Å². The summed E-state index contributed by atoms with van der Waals surface area (Å²) in [5, 5.41) is 6.19. The molecule has 2 rings (SSSR count). The van der Waals surface area contributed by atoms with Gasteiger partial charge in [0.15, 0.2) is 0 Å². The summed E-state index contributed by atoms with van der Waals surface area (Å²) in [6.07, 6.45) is 1.90. The Labute approximate surface area is 136 Å². The van der Waals surface area contributed by atoms with Crippen molar-refractivity contribution in [2.75, 3.05) is 18.5 Å². The number of nitrogens with one attached hydrogen (secondary N) is 1. The highest BCUT2D eigenvalue weighted by molar-refractivity contribution is 7.09. The predicted molar refractivity (Wildman–Crippen MR) is 92.2 cm³/mol. The molecule has 0 spiro atoms. The Kier molecular flexibility index (Phi) is 6.03. The first-order chi connectivity index (χ1) is 10.1. The summed E-state index contributed by atoms with van der Waals surface area (Å²) in [5.41, 5.74) is 1.12. The minimum absolute atomic E-state index is 0.643. The Morgan fingerprint density at radius 1 is 1.43 bits per heavy atom. The molecule has 5 heteroatoms. The van der Waals surface area contributed by atoms with Crippen LogP contribution in [0.1, 0.15) is 24.3 Å². The number of anilines is 1. The molecular weight excluding hydrogens is 302 g/mol. The van der Waals surface area contributed by atoms with E-state index in [1.54, 1.807) is 11.3 Å². The van der Waals surface area contributed by atoms with Gasteiger partial charge in [0.1, 0.15) is 5.82 Å². The smallest absolute Gasteiger partial charge is 0.147 e. The van der Waals surface area contributed by atoms with Gasteiger partial charge in [0.25, 0.3) is 0 Å². The average Bonchev–Trinajstić information content (AvgIpc) is 2.91. The third-order valence-corrected chi connectivity index (χ3v) is 4.23. The van der Waals surface area contributed by atoms with Crippen LogP contribution in [0.3, 0.4) is 0 Å². The number of pyridine rings is 1. The molecule has 2 heterocycles. The Balaban J connectivity index is 1.98. The van der Waals surface area contributed by atoms with Gasteiger partial charge in [0, 0.05) is 24.7 Å². The molecule has 0 aromatic carbocycles. The van der Waals surface area contributed by atoms with Crippen LogP contribution in [-0.4, -0.2) is 18.6 Å². The van der Waals surface area contributed by atoms with Crippen LogP contribution >= 0.6 is 22.9 Å². The minimum atomic E-state index is 0.643. The standard InChI is InChI=1S/C16H22ClN3S/c1-12(2)8-18-9-13-7-15(17)16(19-10-13)20(3)11-14-5-4-6-21-14/h4-7,10,12,18H,8-9,11H2,1-3H3. The van der Waals surface area contributed by atoms with E-state index in [2.05, 4.69) is 46.6 Å². The maximum absolute atomic E-state index is 6.38. The second-order valence-electron chi connectivity index (χ2n) is 5.61. The Hall–Kier alpha value is -1.10.